The van der Waals surface area contributed by atoms with Gasteiger partial charge < -0.3 is 5.32 Å². The Labute approximate surface area is 151 Å². The lowest BCUT2D eigenvalue weighted by atomic mass is 10.1. The predicted molar refractivity (Wildman–Crippen MR) is 101 cm³/mol. The number of hydrazone groups is 1. The van der Waals surface area contributed by atoms with E-state index in [1.165, 1.54) is 6.21 Å². The van der Waals surface area contributed by atoms with Crippen LogP contribution in [0, 0.1) is 13.8 Å². The molecule has 0 radical (unpaired) electrons. The molecule has 0 aliphatic heterocycles. The van der Waals surface area contributed by atoms with Crippen LogP contribution in [0.3, 0.4) is 0 Å². The van der Waals surface area contributed by atoms with Gasteiger partial charge in [-0.25, -0.2) is 5.43 Å². The van der Waals surface area contributed by atoms with Gasteiger partial charge in [0.25, 0.3) is 5.91 Å². The molecule has 0 heterocycles. The van der Waals surface area contributed by atoms with Gasteiger partial charge in [-0.3, -0.25) is 4.79 Å². The van der Waals surface area contributed by atoms with E-state index >= 15 is 0 Å². The summed E-state index contributed by atoms with van der Waals surface area (Å²) in [6.07, 6.45) is 1.44. The van der Waals surface area contributed by atoms with Gasteiger partial charge in [-0.2, -0.15) is 5.10 Å². The summed E-state index contributed by atoms with van der Waals surface area (Å²) in [5.41, 5.74) is 6.19. The number of para-hydroxylation sites is 1. The van der Waals surface area contributed by atoms with Crippen LogP contribution < -0.4 is 10.7 Å². The van der Waals surface area contributed by atoms with Crippen LogP contribution in [-0.4, -0.2) is 18.2 Å². The van der Waals surface area contributed by atoms with Gasteiger partial charge in [0, 0.05) is 11.3 Å². The number of rotatable bonds is 5. The first-order chi connectivity index (χ1) is 11.4. The van der Waals surface area contributed by atoms with Crippen LogP contribution in [0.4, 0.5) is 5.69 Å². The molecular formula is C18H19Cl2N3O. The van der Waals surface area contributed by atoms with Crippen molar-refractivity contribution in [3.63, 3.8) is 0 Å². The number of nitrogens with zero attached hydrogens (tertiary/aromatic N) is 1. The van der Waals surface area contributed by atoms with E-state index < -0.39 is 6.04 Å². The first-order valence-corrected chi connectivity index (χ1v) is 8.25. The fraction of sp³-hybridized carbons (Fsp3) is 0.222. The van der Waals surface area contributed by atoms with E-state index in [2.05, 4.69) is 15.8 Å². The zero-order valence-corrected chi connectivity index (χ0v) is 15.2. The predicted octanol–water partition coefficient (Wildman–Crippen LogP) is 4.56. The summed E-state index contributed by atoms with van der Waals surface area (Å²) < 4.78 is 0. The molecule has 2 rings (SSSR count). The van der Waals surface area contributed by atoms with Gasteiger partial charge in [0.15, 0.2) is 0 Å². The van der Waals surface area contributed by atoms with Crippen LogP contribution in [0.2, 0.25) is 10.0 Å². The number of nitrogens with one attached hydrogen (secondary N) is 2. The van der Waals surface area contributed by atoms with Gasteiger partial charge in [0.1, 0.15) is 6.04 Å². The van der Waals surface area contributed by atoms with Crippen LogP contribution in [-0.2, 0) is 4.79 Å². The third-order valence-corrected chi connectivity index (χ3v) is 4.26. The standard InChI is InChI=1S/C18H19Cl2N3O/c1-11-6-4-7-12(2)17(11)22-13(3)18(24)23-21-10-14-15(19)8-5-9-16(14)20/h4-10,13,22H,1-3H3,(H,23,24)/b21-10-/t13-/m1/s1. The third-order valence-electron chi connectivity index (χ3n) is 3.60. The van der Waals surface area contributed by atoms with Gasteiger partial charge in [-0.1, -0.05) is 47.5 Å². The zero-order valence-electron chi connectivity index (χ0n) is 13.7. The van der Waals surface area contributed by atoms with Crippen molar-refractivity contribution < 1.29 is 4.79 Å². The summed E-state index contributed by atoms with van der Waals surface area (Å²) in [6.45, 7) is 5.77. The number of carbonyl (C=O) groups is 1. The van der Waals surface area contributed by atoms with Crippen LogP contribution in [0.1, 0.15) is 23.6 Å². The molecule has 2 aromatic carbocycles. The van der Waals surface area contributed by atoms with E-state index in [-0.39, 0.29) is 5.91 Å². The van der Waals surface area contributed by atoms with E-state index in [1.807, 2.05) is 32.0 Å². The fourth-order valence-electron chi connectivity index (χ4n) is 2.22. The second-order valence-electron chi connectivity index (χ2n) is 5.50. The van der Waals surface area contributed by atoms with Crippen molar-refractivity contribution in [1.29, 1.82) is 0 Å². The van der Waals surface area contributed by atoms with Gasteiger partial charge in [-0.05, 0) is 44.0 Å². The Morgan fingerprint density at radius 1 is 1.08 bits per heavy atom. The maximum atomic E-state index is 12.2. The minimum absolute atomic E-state index is 0.253. The maximum absolute atomic E-state index is 12.2. The highest BCUT2D eigenvalue weighted by molar-refractivity contribution is 6.38. The van der Waals surface area contributed by atoms with E-state index in [9.17, 15) is 4.79 Å². The molecule has 0 aliphatic carbocycles. The van der Waals surface area contributed by atoms with Gasteiger partial charge in [0.05, 0.1) is 16.3 Å². The van der Waals surface area contributed by atoms with Gasteiger partial charge >= 0.3 is 0 Å². The molecule has 126 valence electrons. The van der Waals surface area contributed by atoms with Crippen LogP contribution in [0.25, 0.3) is 0 Å². The molecule has 0 saturated heterocycles. The molecule has 2 N–H and O–H groups in total. The number of carbonyl (C=O) groups excluding carboxylic acids is 1. The van der Waals surface area contributed by atoms with Gasteiger partial charge in [-0.15, -0.1) is 0 Å². The zero-order chi connectivity index (χ0) is 17.7. The number of amides is 1. The van der Waals surface area contributed by atoms with Crippen molar-refractivity contribution in [3.05, 3.63) is 63.1 Å². The molecule has 4 nitrogen and oxygen atoms in total. The summed E-state index contributed by atoms with van der Waals surface area (Å²) >= 11 is 12.1. The smallest absolute Gasteiger partial charge is 0.262 e. The number of benzene rings is 2. The Bertz CT molecular complexity index is 734. The SMILES string of the molecule is Cc1cccc(C)c1N[C@H](C)C(=O)N/N=C\c1c(Cl)cccc1Cl. The average molecular weight is 364 g/mol. The van der Waals surface area contributed by atoms with Crippen molar-refractivity contribution in [1.82, 2.24) is 5.43 Å². The summed E-state index contributed by atoms with van der Waals surface area (Å²) in [5, 5.41) is 8.10. The van der Waals surface area contributed by atoms with E-state index in [4.69, 9.17) is 23.2 Å². The summed E-state index contributed by atoms with van der Waals surface area (Å²) in [6, 6.07) is 10.7. The lowest BCUT2D eigenvalue weighted by molar-refractivity contribution is -0.121. The van der Waals surface area contributed by atoms with E-state index in [1.54, 1.807) is 25.1 Å². The molecule has 0 aliphatic rings. The molecule has 6 heteroatoms. The lowest BCUT2D eigenvalue weighted by Gasteiger charge is -2.17. The summed E-state index contributed by atoms with van der Waals surface area (Å²) in [5.74, 6) is -0.253. The van der Waals surface area contributed by atoms with Crippen molar-refractivity contribution in [2.45, 2.75) is 26.8 Å². The quantitative estimate of drug-likeness (QED) is 0.604. The molecule has 2 aromatic rings. The minimum Gasteiger partial charge on any atom is -0.373 e. The molecule has 1 amide bonds. The molecule has 0 unspecified atom stereocenters. The summed E-state index contributed by atoms with van der Waals surface area (Å²) in [7, 11) is 0. The van der Waals surface area contributed by atoms with Crippen LogP contribution >= 0.6 is 23.2 Å². The number of hydrogen-bond donors (Lipinski definition) is 2. The molecule has 0 spiro atoms. The highest BCUT2D eigenvalue weighted by Crippen LogP contribution is 2.22. The van der Waals surface area contributed by atoms with Crippen molar-refractivity contribution in [2.75, 3.05) is 5.32 Å². The highest BCUT2D eigenvalue weighted by atomic mass is 35.5. The number of hydrogen-bond acceptors (Lipinski definition) is 3. The lowest BCUT2D eigenvalue weighted by Crippen LogP contribution is -2.35. The minimum atomic E-state index is -0.441. The first kappa shape index (κ1) is 18.3. The Morgan fingerprint density at radius 3 is 2.21 bits per heavy atom. The number of aryl methyl sites for hydroxylation is 2. The maximum Gasteiger partial charge on any atom is 0.262 e. The molecule has 0 aromatic heterocycles. The van der Waals surface area contributed by atoms with Gasteiger partial charge in [0.2, 0.25) is 0 Å². The van der Waals surface area contributed by atoms with Crippen LogP contribution in [0.15, 0.2) is 41.5 Å². The second kappa shape index (κ2) is 8.18. The Kier molecular flexibility index (Phi) is 6.23. The molecule has 1 atom stereocenters. The Balaban J connectivity index is 2.01. The highest BCUT2D eigenvalue weighted by Gasteiger charge is 2.14. The Hall–Kier alpha value is -2.04. The molecule has 24 heavy (non-hydrogen) atoms. The van der Waals surface area contributed by atoms with Crippen molar-refractivity contribution in [2.24, 2.45) is 5.10 Å². The summed E-state index contributed by atoms with van der Waals surface area (Å²) in [4.78, 5) is 12.2. The Morgan fingerprint density at radius 2 is 1.62 bits per heavy atom. The average Bonchev–Trinajstić information content (AvgIpc) is 2.53. The third kappa shape index (κ3) is 4.49. The molecule has 0 bridgehead atoms. The van der Waals surface area contributed by atoms with Crippen molar-refractivity contribution >= 4 is 41.0 Å². The normalized spacial score (nSPS) is 12.2. The van der Waals surface area contributed by atoms with E-state index in [0.717, 1.165) is 16.8 Å². The molecule has 0 fully saturated rings. The van der Waals surface area contributed by atoms with E-state index in [0.29, 0.717) is 15.6 Å². The fourth-order valence-corrected chi connectivity index (χ4v) is 2.71. The second-order valence-corrected chi connectivity index (χ2v) is 6.32. The molecule has 0 saturated carbocycles. The topological polar surface area (TPSA) is 53.5 Å². The number of anilines is 1. The van der Waals surface area contributed by atoms with Crippen LogP contribution in [0.5, 0.6) is 0 Å². The monoisotopic (exact) mass is 363 g/mol. The largest absolute Gasteiger partial charge is 0.373 e. The molecular weight excluding hydrogens is 345 g/mol. The number of halogens is 2. The van der Waals surface area contributed by atoms with Crippen molar-refractivity contribution in [3.8, 4) is 0 Å². The first-order valence-electron chi connectivity index (χ1n) is 7.50.